The molecule has 0 heterocycles. The number of amides is 1. The summed E-state index contributed by atoms with van der Waals surface area (Å²) in [6.45, 7) is 0.499. The smallest absolute Gasteiger partial charge is 0.376 e. The van der Waals surface area contributed by atoms with Crippen LogP contribution in [0.4, 0.5) is 23.2 Å². The van der Waals surface area contributed by atoms with Gasteiger partial charge in [0.05, 0.1) is 17.0 Å². The number of aliphatic hydroxyl groups is 1. The summed E-state index contributed by atoms with van der Waals surface area (Å²) in [4.78, 5) is 12.2. The van der Waals surface area contributed by atoms with E-state index in [1.165, 1.54) is 24.3 Å². The Kier molecular flexibility index (Phi) is 6.14. The van der Waals surface area contributed by atoms with E-state index in [9.17, 15) is 35.9 Å². The number of carbonyl (C=O) groups is 1. The monoisotopic (exact) mass is 460 g/mol. The van der Waals surface area contributed by atoms with Crippen molar-refractivity contribution in [2.45, 2.75) is 48.9 Å². The lowest BCUT2D eigenvalue weighted by Crippen LogP contribution is -2.39. The molecule has 0 aromatic heterocycles. The standard InChI is InChI=1S/C20H20F4N2O4S/c1-19(28,20(22,23)24)13-5-8-17(16(21)11-13)25-18(27)10-12-3-2-4-15(9-12)31(29,30)26-14-6-7-14/h2-5,8-9,11,14,26,28H,6-7,10H2,1H3,(H,25,27). The van der Waals surface area contributed by atoms with Crippen molar-refractivity contribution in [1.82, 2.24) is 4.72 Å². The van der Waals surface area contributed by atoms with Gasteiger partial charge in [0.1, 0.15) is 5.82 Å². The lowest BCUT2D eigenvalue weighted by Gasteiger charge is -2.27. The molecule has 0 radical (unpaired) electrons. The Hall–Kier alpha value is -2.50. The summed E-state index contributed by atoms with van der Waals surface area (Å²) in [7, 11) is -3.71. The Morgan fingerprint density at radius 1 is 1.16 bits per heavy atom. The van der Waals surface area contributed by atoms with E-state index >= 15 is 0 Å². The highest BCUT2D eigenvalue weighted by Crippen LogP contribution is 2.39. The Bertz CT molecular complexity index is 1100. The van der Waals surface area contributed by atoms with Gasteiger partial charge in [-0.15, -0.1) is 0 Å². The second-order valence-corrected chi connectivity index (χ2v) is 9.25. The number of hydrogen-bond donors (Lipinski definition) is 3. The second-order valence-electron chi connectivity index (χ2n) is 7.53. The van der Waals surface area contributed by atoms with Crippen LogP contribution < -0.4 is 10.0 Å². The number of nitrogens with one attached hydrogen (secondary N) is 2. The Morgan fingerprint density at radius 3 is 2.42 bits per heavy atom. The van der Waals surface area contributed by atoms with Crippen molar-refractivity contribution in [3.05, 3.63) is 59.4 Å². The summed E-state index contributed by atoms with van der Waals surface area (Å²) in [5.41, 5.74) is -3.98. The van der Waals surface area contributed by atoms with Crippen LogP contribution in [0.25, 0.3) is 0 Å². The Labute approximate surface area is 176 Å². The first kappa shape index (κ1) is 23.2. The maximum absolute atomic E-state index is 14.2. The third-order valence-corrected chi connectivity index (χ3v) is 6.35. The predicted octanol–water partition coefficient (Wildman–Crippen LogP) is 3.22. The number of alkyl halides is 3. The van der Waals surface area contributed by atoms with Gasteiger partial charge in [-0.3, -0.25) is 4.79 Å². The van der Waals surface area contributed by atoms with E-state index in [0.29, 0.717) is 18.6 Å². The van der Waals surface area contributed by atoms with Crippen molar-refractivity contribution in [1.29, 1.82) is 0 Å². The van der Waals surface area contributed by atoms with Crippen LogP contribution >= 0.6 is 0 Å². The summed E-state index contributed by atoms with van der Waals surface area (Å²) in [5.74, 6) is -1.85. The van der Waals surface area contributed by atoms with E-state index < -0.39 is 39.1 Å². The first-order valence-corrected chi connectivity index (χ1v) is 10.8. The SMILES string of the molecule is CC(O)(c1ccc(NC(=O)Cc2cccc(S(=O)(=O)NC3CC3)c2)c(F)c1)C(F)(F)F. The molecule has 1 aliphatic carbocycles. The fraction of sp³-hybridized carbons (Fsp3) is 0.350. The summed E-state index contributed by atoms with van der Waals surface area (Å²) >= 11 is 0. The fourth-order valence-corrected chi connectivity index (χ4v) is 4.15. The molecular formula is C20H20F4N2O4S. The maximum atomic E-state index is 14.2. The minimum Gasteiger partial charge on any atom is -0.376 e. The Balaban J connectivity index is 1.71. The van der Waals surface area contributed by atoms with Gasteiger partial charge < -0.3 is 10.4 Å². The van der Waals surface area contributed by atoms with Crippen LogP contribution in [0.2, 0.25) is 0 Å². The first-order valence-electron chi connectivity index (χ1n) is 9.30. The quantitative estimate of drug-likeness (QED) is 0.553. The third-order valence-electron chi connectivity index (χ3n) is 4.83. The molecule has 0 saturated heterocycles. The fourth-order valence-electron chi connectivity index (χ4n) is 2.77. The summed E-state index contributed by atoms with van der Waals surface area (Å²) in [5, 5.41) is 11.9. The Morgan fingerprint density at radius 2 is 1.84 bits per heavy atom. The van der Waals surface area contributed by atoms with Crippen molar-refractivity contribution in [3.63, 3.8) is 0 Å². The highest BCUT2D eigenvalue weighted by atomic mass is 32.2. The normalized spacial score (nSPS) is 16.6. The second kappa shape index (κ2) is 8.21. The molecule has 0 spiro atoms. The molecular weight excluding hydrogens is 440 g/mol. The predicted molar refractivity (Wildman–Crippen MR) is 104 cm³/mol. The number of benzene rings is 2. The molecule has 3 N–H and O–H groups in total. The molecule has 6 nitrogen and oxygen atoms in total. The average Bonchev–Trinajstić information content (AvgIpc) is 3.46. The van der Waals surface area contributed by atoms with E-state index in [-0.39, 0.29) is 23.0 Å². The summed E-state index contributed by atoms with van der Waals surface area (Å²) < 4.78 is 80.0. The van der Waals surface area contributed by atoms with Gasteiger partial charge in [0, 0.05) is 6.04 Å². The van der Waals surface area contributed by atoms with Gasteiger partial charge in [0.15, 0.2) is 5.60 Å². The van der Waals surface area contributed by atoms with Crippen LogP contribution in [-0.4, -0.2) is 31.6 Å². The molecule has 1 atom stereocenters. The molecule has 1 fully saturated rings. The van der Waals surface area contributed by atoms with Gasteiger partial charge in [-0.2, -0.15) is 13.2 Å². The van der Waals surface area contributed by atoms with Crippen molar-refractivity contribution in [3.8, 4) is 0 Å². The zero-order chi connectivity index (χ0) is 23.0. The summed E-state index contributed by atoms with van der Waals surface area (Å²) in [6.07, 6.45) is -3.76. The number of carbonyl (C=O) groups excluding carboxylic acids is 1. The minimum atomic E-state index is -5.01. The number of hydrogen-bond acceptors (Lipinski definition) is 4. The number of halogens is 4. The average molecular weight is 460 g/mol. The van der Waals surface area contributed by atoms with Crippen molar-refractivity contribution >= 4 is 21.6 Å². The van der Waals surface area contributed by atoms with Crippen LogP contribution in [0, 0.1) is 5.82 Å². The van der Waals surface area contributed by atoms with Crippen LogP contribution in [0.5, 0.6) is 0 Å². The minimum absolute atomic E-state index is 0.00499. The molecule has 1 aliphatic rings. The van der Waals surface area contributed by atoms with Crippen LogP contribution in [0.15, 0.2) is 47.4 Å². The van der Waals surface area contributed by atoms with Gasteiger partial charge in [-0.25, -0.2) is 17.5 Å². The zero-order valence-corrected chi connectivity index (χ0v) is 17.1. The van der Waals surface area contributed by atoms with Crippen molar-refractivity contribution in [2.24, 2.45) is 0 Å². The number of sulfonamides is 1. The molecule has 168 valence electrons. The molecule has 2 aromatic rings. The van der Waals surface area contributed by atoms with Gasteiger partial charge in [-0.1, -0.05) is 18.2 Å². The molecule has 2 aromatic carbocycles. The zero-order valence-electron chi connectivity index (χ0n) is 16.3. The van der Waals surface area contributed by atoms with E-state index in [1.54, 1.807) is 0 Å². The van der Waals surface area contributed by atoms with Gasteiger partial charge in [0.25, 0.3) is 0 Å². The number of rotatable bonds is 7. The lowest BCUT2D eigenvalue weighted by molar-refractivity contribution is -0.258. The molecule has 1 amide bonds. The molecule has 31 heavy (non-hydrogen) atoms. The van der Waals surface area contributed by atoms with Gasteiger partial charge >= 0.3 is 6.18 Å². The van der Waals surface area contributed by atoms with E-state index in [0.717, 1.165) is 25.0 Å². The molecule has 1 saturated carbocycles. The molecule has 0 bridgehead atoms. The van der Waals surface area contributed by atoms with Crippen LogP contribution in [0.3, 0.4) is 0 Å². The van der Waals surface area contributed by atoms with Gasteiger partial charge in [0.2, 0.25) is 15.9 Å². The molecule has 0 aliphatic heterocycles. The molecule has 1 unspecified atom stereocenters. The topological polar surface area (TPSA) is 95.5 Å². The van der Waals surface area contributed by atoms with E-state index in [2.05, 4.69) is 10.0 Å². The van der Waals surface area contributed by atoms with E-state index in [1.807, 2.05) is 0 Å². The largest absolute Gasteiger partial charge is 0.421 e. The van der Waals surface area contributed by atoms with Crippen LogP contribution in [-0.2, 0) is 26.8 Å². The molecule has 3 rings (SSSR count). The number of anilines is 1. The lowest BCUT2D eigenvalue weighted by atomic mass is 9.95. The van der Waals surface area contributed by atoms with Crippen molar-refractivity contribution in [2.75, 3.05) is 5.32 Å². The third kappa shape index (κ3) is 5.41. The highest BCUT2D eigenvalue weighted by Gasteiger charge is 2.51. The van der Waals surface area contributed by atoms with Gasteiger partial charge in [-0.05, 0) is 55.2 Å². The molecule has 11 heteroatoms. The van der Waals surface area contributed by atoms with Crippen LogP contribution in [0.1, 0.15) is 30.9 Å². The highest BCUT2D eigenvalue weighted by molar-refractivity contribution is 7.89. The van der Waals surface area contributed by atoms with E-state index in [4.69, 9.17) is 0 Å². The first-order chi connectivity index (χ1) is 14.3. The summed E-state index contributed by atoms with van der Waals surface area (Å²) in [6, 6.07) is 7.91. The maximum Gasteiger partial charge on any atom is 0.421 e. The van der Waals surface area contributed by atoms with Crippen molar-refractivity contribution < 1.29 is 35.9 Å².